The predicted octanol–water partition coefficient (Wildman–Crippen LogP) is 2.96. The Labute approximate surface area is 135 Å². The monoisotopic (exact) mass is 352 g/mol. The molecular formula is C15H16F4O5. The average Bonchev–Trinajstić information content (AvgIpc) is 2.56. The van der Waals surface area contributed by atoms with Gasteiger partial charge in [-0.15, -0.1) is 0 Å². The Kier molecular flexibility index (Phi) is 7.47. The van der Waals surface area contributed by atoms with Crippen molar-refractivity contribution < 1.29 is 41.4 Å². The maximum Gasteiger partial charge on any atom is 0.340 e. The molecule has 0 saturated heterocycles. The van der Waals surface area contributed by atoms with Gasteiger partial charge in [-0.2, -0.15) is 8.78 Å². The van der Waals surface area contributed by atoms with Crippen LogP contribution in [0.15, 0.2) is 24.3 Å². The summed E-state index contributed by atoms with van der Waals surface area (Å²) in [6, 6.07) is 6.69. The number of hydrogen-bond donors (Lipinski definition) is 0. The minimum Gasteiger partial charge on any atom is -0.497 e. The van der Waals surface area contributed by atoms with Crippen LogP contribution in [0.5, 0.6) is 5.75 Å². The quantitative estimate of drug-likeness (QED) is 0.505. The van der Waals surface area contributed by atoms with Crippen LogP contribution >= 0.6 is 0 Å². The minimum absolute atomic E-state index is 0.0403. The number of hydrogen-bond acceptors (Lipinski definition) is 5. The van der Waals surface area contributed by atoms with Gasteiger partial charge in [-0.1, -0.05) is 12.1 Å². The molecule has 0 bridgehead atoms. The highest BCUT2D eigenvalue weighted by Gasteiger charge is 2.42. The minimum atomic E-state index is -4.41. The number of methoxy groups -OCH3 is 1. The molecule has 0 saturated carbocycles. The normalized spacial score (nSPS) is 11.2. The number of benzene rings is 1. The zero-order valence-electron chi connectivity index (χ0n) is 12.8. The lowest BCUT2D eigenvalue weighted by Crippen LogP contribution is -2.33. The molecule has 1 rings (SSSR count). The maximum atomic E-state index is 12.5. The summed E-state index contributed by atoms with van der Waals surface area (Å²) in [5.74, 6) is -5.71. The van der Waals surface area contributed by atoms with E-state index < -0.39 is 43.7 Å². The molecule has 1 aromatic carbocycles. The number of carbonyl (C=O) groups is 2. The van der Waals surface area contributed by atoms with Gasteiger partial charge >= 0.3 is 24.3 Å². The number of ether oxygens (including phenoxy) is 3. The second-order valence-corrected chi connectivity index (χ2v) is 4.73. The second-order valence-electron chi connectivity index (χ2n) is 4.73. The van der Waals surface area contributed by atoms with Gasteiger partial charge in [0.15, 0.2) is 6.61 Å². The van der Waals surface area contributed by atoms with Crippen molar-refractivity contribution in [1.82, 2.24) is 0 Å². The molecule has 1 aromatic rings. The van der Waals surface area contributed by atoms with Crippen molar-refractivity contribution >= 4 is 11.9 Å². The van der Waals surface area contributed by atoms with Crippen LogP contribution in [0.3, 0.4) is 0 Å². The Balaban J connectivity index is 2.26. The Morgan fingerprint density at radius 3 is 2.08 bits per heavy atom. The lowest BCUT2D eigenvalue weighted by atomic mass is 10.2. The Bertz CT molecular complexity index is 545. The molecule has 0 radical (unpaired) electrons. The third kappa shape index (κ3) is 6.84. The fraction of sp³-hybridized carbons (Fsp3) is 0.467. The Morgan fingerprint density at radius 2 is 1.58 bits per heavy atom. The molecule has 5 nitrogen and oxygen atoms in total. The van der Waals surface area contributed by atoms with Gasteiger partial charge < -0.3 is 14.2 Å². The van der Waals surface area contributed by atoms with E-state index in [1.54, 1.807) is 24.3 Å². The first-order valence-corrected chi connectivity index (χ1v) is 6.84. The van der Waals surface area contributed by atoms with Gasteiger partial charge in [-0.25, -0.2) is 8.78 Å². The second kappa shape index (κ2) is 9.09. The lowest BCUT2D eigenvalue weighted by molar-refractivity contribution is -0.180. The summed E-state index contributed by atoms with van der Waals surface area (Å²) < 4.78 is 62.7. The molecule has 0 aliphatic heterocycles. The zero-order chi connectivity index (χ0) is 18.2. The van der Waals surface area contributed by atoms with Crippen LogP contribution in [0.4, 0.5) is 17.6 Å². The van der Waals surface area contributed by atoms with E-state index in [2.05, 4.69) is 4.74 Å². The largest absolute Gasteiger partial charge is 0.497 e. The number of rotatable bonds is 9. The smallest absolute Gasteiger partial charge is 0.340 e. The van der Waals surface area contributed by atoms with Gasteiger partial charge in [-0.3, -0.25) is 9.59 Å². The molecule has 0 heterocycles. The molecule has 0 amide bonds. The summed E-state index contributed by atoms with van der Waals surface area (Å²) in [6.45, 7) is -1.77. The SMILES string of the molecule is COc1ccc(COC(=O)CCC(=O)OCC(F)(F)C(F)F)cc1. The summed E-state index contributed by atoms with van der Waals surface area (Å²) in [4.78, 5) is 22.6. The molecule has 0 aromatic heterocycles. The van der Waals surface area contributed by atoms with Crippen molar-refractivity contribution in [1.29, 1.82) is 0 Å². The maximum absolute atomic E-state index is 12.5. The van der Waals surface area contributed by atoms with Gasteiger partial charge in [0.1, 0.15) is 12.4 Å². The molecule has 24 heavy (non-hydrogen) atoms. The average molecular weight is 352 g/mol. The van der Waals surface area contributed by atoms with E-state index in [1.165, 1.54) is 7.11 Å². The number of halogens is 4. The van der Waals surface area contributed by atoms with Crippen molar-refractivity contribution in [2.75, 3.05) is 13.7 Å². The third-order valence-corrected chi connectivity index (χ3v) is 2.84. The Hall–Kier alpha value is -2.32. The van der Waals surface area contributed by atoms with E-state index in [9.17, 15) is 27.2 Å². The predicted molar refractivity (Wildman–Crippen MR) is 73.9 cm³/mol. The zero-order valence-corrected chi connectivity index (χ0v) is 12.8. The van der Waals surface area contributed by atoms with Gasteiger partial charge in [0.25, 0.3) is 0 Å². The van der Waals surface area contributed by atoms with Gasteiger partial charge in [0, 0.05) is 0 Å². The fourth-order valence-corrected chi connectivity index (χ4v) is 1.47. The summed E-state index contributed by atoms with van der Waals surface area (Å²) in [6.07, 6.45) is -4.88. The standard InChI is InChI=1S/C15H16F4O5/c1-22-11-4-2-10(3-5-11)8-23-12(20)6-7-13(21)24-9-15(18,19)14(16)17/h2-5,14H,6-9H2,1H3. The van der Waals surface area contributed by atoms with Crippen molar-refractivity contribution in [3.05, 3.63) is 29.8 Å². The van der Waals surface area contributed by atoms with Crippen molar-refractivity contribution in [3.63, 3.8) is 0 Å². The fourth-order valence-electron chi connectivity index (χ4n) is 1.47. The van der Waals surface area contributed by atoms with E-state index in [1.807, 2.05) is 0 Å². The molecule has 0 N–H and O–H groups in total. The first-order chi connectivity index (χ1) is 11.2. The van der Waals surface area contributed by atoms with Crippen molar-refractivity contribution in [2.45, 2.75) is 31.8 Å². The lowest BCUT2D eigenvalue weighted by Gasteiger charge is -2.14. The van der Waals surface area contributed by atoms with E-state index in [0.29, 0.717) is 11.3 Å². The number of alkyl halides is 4. The van der Waals surface area contributed by atoms with Crippen LogP contribution in [-0.4, -0.2) is 38.0 Å². The summed E-state index contributed by atoms with van der Waals surface area (Å²) in [5, 5.41) is 0. The summed E-state index contributed by atoms with van der Waals surface area (Å²) >= 11 is 0. The van der Waals surface area contributed by atoms with Crippen LogP contribution in [0, 0.1) is 0 Å². The molecule has 134 valence electrons. The highest BCUT2D eigenvalue weighted by Crippen LogP contribution is 2.23. The summed E-state index contributed by atoms with van der Waals surface area (Å²) in [5.41, 5.74) is 0.684. The first kappa shape index (κ1) is 19.7. The van der Waals surface area contributed by atoms with Crippen LogP contribution in [0.25, 0.3) is 0 Å². The van der Waals surface area contributed by atoms with Crippen molar-refractivity contribution in [2.24, 2.45) is 0 Å². The first-order valence-electron chi connectivity index (χ1n) is 6.84. The van der Waals surface area contributed by atoms with Gasteiger partial charge in [0.05, 0.1) is 20.0 Å². The van der Waals surface area contributed by atoms with Crippen LogP contribution < -0.4 is 4.74 Å². The van der Waals surface area contributed by atoms with E-state index in [0.717, 1.165) is 0 Å². The van der Waals surface area contributed by atoms with Crippen LogP contribution in [-0.2, 0) is 25.7 Å². The highest BCUT2D eigenvalue weighted by molar-refractivity contribution is 5.77. The molecule has 9 heteroatoms. The molecule has 0 fully saturated rings. The molecular weight excluding hydrogens is 336 g/mol. The van der Waals surface area contributed by atoms with Crippen molar-refractivity contribution in [3.8, 4) is 5.75 Å². The Morgan fingerprint density at radius 1 is 1.04 bits per heavy atom. The summed E-state index contributed by atoms with van der Waals surface area (Å²) in [7, 11) is 1.51. The van der Waals surface area contributed by atoms with Crippen LogP contribution in [0.1, 0.15) is 18.4 Å². The third-order valence-electron chi connectivity index (χ3n) is 2.84. The van der Waals surface area contributed by atoms with Crippen LogP contribution in [0.2, 0.25) is 0 Å². The van der Waals surface area contributed by atoms with Gasteiger partial charge in [0.2, 0.25) is 0 Å². The molecule has 0 atom stereocenters. The van der Waals surface area contributed by atoms with E-state index in [-0.39, 0.29) is 6.61 Å². The van der Waals surface area contributed by atoms with E-state index >= 15 is 0 Å². The molecule has 0 unspecified atom stereocenters. The highest BCUT2D eigenvalue weighted by atomic mass is 19.3. The van der Waals surface area contributed by atoms with Gasteiger partial charge in [-0.05, 0) is 17.7 Å². The molecule has 0 aliphatic carbocycles. The topological polar surface area (TPSA) is 61.8 Å². The number of esters is 2. The molecule has 0 aliphatic rings. The number of carbonyl (C=O) groups excluding carboxylic acids is 2. The molecule has 0 spiro atoms. The van der Waals surface area contributed by atoms with E-state index in [4.69, 9.17) is 9.47 Å².